The van der Waals surface area contributed by atoms with Crippen molar-refractivity contribution in [2.75, 3.05) is 31.1 Å². The average molecular weight is 229 g/mol. The summed E-state index contributed by atoms with van der Waals surface area (Å²) in [5.41, 5.74) is 3.96. The van der Waals surface area contributed by atoms with Crippen LogP contribution >= 0.6 is 0 Å². The third-order valence-electron chi connectivity index (χ3n) is 3.54. The van der Waals surface area contributed by atoms with E-state index in [-0.39, 0.29) is 0 Å². The van der Waals surface area contributed by atoms with Crippen molar-refractivity contribution in [3.05, 3.63) is 30.0 Å². The Labute approximate surface area is 102 Å². The summed E-state index contributed by atoms with van der Waals surface area (Å²) in [6.07, 6.45) is 1.07. The number of anilines is 1. The van der Waals surface area contributed by atoms with Crippen LogP contribution in [0.4, 0.5) is 5.69 Å². The summed E-state index contributed by atoms with van der Waals surface area (Å²) in [4.78, 5) is 5.96. The Morgan fingerprint density at radius 3 is 2.82 bits per heavy atom. The number of fused-ring (bicyclic) bond motifs is 1. The van der Waals surface area contributed by atoms with Crippen molar-refractivity contribution in [3.8, 4) is 0 Å². The first-order valence-corrected chi connectivity index (χ1v) is 6.45. The van der Waals surface area contributed by atoms with E-state index in [2.05, 4.69) is 46.4 Å². The molecule has 1 aromatic carbocycles. The normalized spacial score (nSPS) is 16.6. The minimum absolute atomic E-state index is 1.07. The molecule has 1 aliphatic rings. The standard InChI is InChI=1S/C14H19N3/c1-2-11-10-12-13(16-11)4-3-5-14(12)17-8-6-15-7-9-17/h3-5,10,15-16H,2,6-9H2,1H3. The molecule has 2 aromatic rings. The molecule has 0 saturated carbocycles. The molecule has 90 valence electrons. The van der Waals surface area contributed by atoms with Crippen LogP contribution in [-0.2, 0) is 6.42 Å². The van der Waals surface area contributed by atoms with E-state index in [9.17, 15) is 0 Å². The Morgan fingerprint density at radius 2 is 2.06 bits per heavy atom. The van der Waals surface area contributed by atoms with Gasteiger partial charge in [0.2, 0.25) is 0 Å². The molecular weight excluding hydrogens is 210 g/mol. The van der Waals surface area contributed by atoms with Gasteiger partial charge in [0.1, 0.15) is 0 Å². The van der Waals surface area contributed by atoms with E-state index >= 15 is 0 Å². The summed E-state index contributed by atoms with van der Waals surface area (Å²) in [6.45, 7) is 6.57. The predicted octanol–water partition coefficient (Wildman–Crippen LogP) is 2.14. The summed E-state index contributed by atoms with van der Waals surface area (Å²) in [6, 6.07) is 8.85. The van der Waals surface area contributed by atoms with Crippen LogP contribution < -0.4 is 10.2 Å². The van der Waals surface area contributed by atoms with Gasteiger partial charge < -0.3 is 15.2 Å². The van der Waals surface area contributed by atoms with Crippen LogP contribution in [0.5, 0.6) is 0 Å². The first kappa shape index (κ1) is 10.7. The highest BCUT2D eigenvalue weighted by Crippen LogP contribution is 2.27. The zero-order valence-corrected chi connectivity index (χ0v) is 10.3. The zero-order valence-electron chi connectivity index (χ0n) is 10.3. The Kier molecular flexibility index (Phi) is 2.77. The molecule has 2 N–H and O–H groups in total. The molecule has 2 heterocycles. The molecule has 0 atom stereocenters. The number of rotatable bonds is 2. The lowest BCUT2D eigenvalue weighted by Crippen LogP contribution is -2.43. The van der Waals surface area contributed by atoms with Gasteiger partial charge >= 0.3 is 0 Å². The van der Waals surface area contributed by atoms with Gasteiger partial charge in [-0.25, -0.2) is 0 Å². The number of hydrogen-bond donors (Lipinski definition) is 2. The lowest BCUT2D eigenvalue weighted by molar-refractivity contribution is 0.590. The molecule has 1 aromatic heterocycles. The summed E-state index contributed by atoms with van der Waals surface area (Å²) < 4.78 is 0. The Hall–Kier alpha value is -1.48. The molecule has 1 fully saturated rings. The Bertz CT molecular complexity index is 509. The lowest BCUT2D eigenvalue weighted by atomic mass is 10.1. The fraction of sp³-hybridized carbons (Fsp3) is 0.429. The number of aromatic amines is 1. The number of piperazine rings is 1. The number of nitrogens with zero attached hydrogens (tertiary/aromatic N) is 1. The number of nitrogens with one attached hydrogen (secondary N) is 2. The van der Waals surface area contributed by atoms with Crippen molar-refractivity contribution in [1.82, 2.24) is 10.3 Å². The quantitative estimate of drug-likeness (QED) is 0.826. The summed E-state index contributed by atoms with van der Waals surface area (Å²) in [7, 11) is 0. The molecule has 0 radical (unpaired) electrons. The SMILES string of the molecule is CCc1cc2c(N3CCNCC3)cccc2[nH]1. The van der Waals surface area contributed by atoms with E-state index in [0.29, 0.717) is 0 Å². The van der Waals surface area contributed by atoms with Gasteiger partial charge in [-0.05, 0) is 24.6 Å². The maximum Gasteiger partial charge on any atom is 0.0477 e. The molecule has 17 heavy (non-hydrogen) atoms. The van der Waals surface area contributed by atoms with Crippen LogP contribution in [-0.4, -0.2) is 31.2 Å². The van der Waals surface area contributed by atoms with Gasteiger partial charge in [-0.15, -0.1) is 0 Å². The maximum absolute atomic E-state index is 3.48. The second-order valence-corrected chi connectivity index (χ2v) is 4.62. The molecule has 0 unspecified atom stereocenters. The number of aromatic nitrogens is 1. The number of aryl methyl sites for hydroxylation is 1. The van der Waals surface area contributed by atoms with Crippen LogP contribution in [0.2, 0.25) is 0 Å². The highest BCUT2D eigenvalue weighted by molar-refractivity contribution is 5.93. The highest BCUT2D eigenvalue weighted by Gasteiger charge is 2.13. The highest BCUT2D eigenvalue weighted by atomic mass is 15.2. The van der Waals surface area contributed by atoms with Crippen molar-refractivity contribution in [1.29, 1.82) is 0 Å². The minimum atomic E-state index is 1.07. The van der Waals surface area contributed by atoms with Crippen molar-refractivity contribution in [2.45, 2.75) is 13.3 Å². The molecular formula is C14H19N3. The van der Waals surface area contributed by atoms with Crippen LogP contribution in [0.25, 0.3) is 10.9 Å². The second-order valence-electron chi connectivity index (χ2n) is 4.62. The number of H-pyrrole nitrogens is 1. The second kappa shape index (κ2) is 4.41. The van der Waals surface area contributed by atoms with E-state index < -0.39 is 0 Å². The van der Waals surface area contributed by atoms with Crippen molar-refractivity contribution in [3.63, 3.8) is 0 Å². The molecule has 0 aliphatic carbocycles. The molecule has 3 rings (SSSR count). The van der Waals surface area contributed by atoms with Crippen LogP contribution in [0, 0.1) is 0 Å². The van der Waals surface area contributed by atoms with E-state index in [1.165, 1.54) is 22.3 Å². The van der Waals surface area contributed by atoms with Gasteiger partial charge in [0.05, 0.1) is 0 Å². The van der Waals surface area contributed by atoms with Gasteiger partial charge in [-0.2, -0.15) is 0 Å². The molecule has 0 spiro atoms. The van der Waals surface area contributed by atoms with Gasteiger partial charge in [-0.3, -0.25) is 0 Å². The molecule has 0 bridgehead atoms. The van der Waals surface area contributed by atoms with E-state index in [1.807, 2.05) is 0 Å². The van der Waals surface area contributed by atoms with Gasteiger partial charge in [0, 0.05) is 48.5 Å². The van der Waals surface area contributed by atoms with E-state index in [4.69, 9.17) is 0 Å². The fourth-order valence-electron chi connectivity index (χ4n) is 2.57. The summed E-state index contributed by atoms with van der Waals surface area (Å²) >= 11 is 0. The van der Waals surface area contributed by atoms with Crippen LogP contribution in [0.3, 0.4) is 0 Å². The van der Waals surface area contributed by atoms with E-state index in [1.54, 1.807) is 0 Å². The zero-order chi connectivity index (χ0) is 11.7. The van der Waals surface area contributed by atoms with Crippen molar-refractivity contribution in [2.24, 2.45) is 0 Å². The fourth-order valence-corrected chi connectivity index (χ4v) is 2.57. The number of hydrogen-bond acceptors (Lipinski definition) is 2. The molecule has 1 saturated heterocycles. The minimum Gasteiger partial charge on any atom is -0.368 e. The predicted molar refractivity (Wildman–Crippen MR) is 72.8 cm³/mol. The first-order valence-electron chi connectivity index (χ1n) is 6.45. The van der Waals surface area contributed by atoms with Gasteiger partial charge in [0.25, 0.3) is 0 Å². The molecule has 3 heteroatoms. The van der Waals surface area contributed by atoms with Crippen molar-refractivity contribution < 1.29 is 0 Å². The third kappa shape index (κ3) is 1.91. The average Bonchev–Trinajstić information content (AvgIpc) is 2.82. The van der Waals surface area contributed by atoms with Gasteiger partial charge in [-0.1, -0.05) is 13.0 Å². The van der Waals surface area contributed by atoms with Crippen LogP contribution in [0.1, 0.15) is 12.6 Å². The third-order valence-corrected chi connectivity index (χ3v) is 3.54. The molecule has 3 nitrogen and oxygen atoms in total. The Balaban J connectivity index is 2.05. The van der Waals surface area contributed by atoms with E-state index in [0.717, 1.165) is 32.6 Å². The number of benzene rings is 1. The lowest BCUT2D eigenvalue weighted by Gasteiger charge is -2.30. The summed E-state index contributed by atoms with van der Waals surface area (Å²) in [5.74, 6) is 0. The van der Waals surface area contributed by atoms with Crippen molar-refractivity contribution >= 4 is 16.6 Å². The molecule has 0 amide bonds. The topological polar surface area (TPSA) is 31.1 Å². The Morgan fingerprint density at radius 1 is 1.24 bits per heavy atom. The largest absolute Gasteiger partial charge is 0.368 e. The monoisotopic (exact) mass is 229 g/mol. The smallest absolute Gasteiger partial charge is 0.0477 e. The van der Waals surface area contributed by atoms with Crippen LogP contribution in [0.15, 0.2) is 24.3 Å². The summed E-state index contributed by atoms with van der Waals surface area (Å²) in [5, 5.41) is 4.77. The van der Waals surface area contributed by atoms with Gasteiger partial charge in [0.15, 0.2) is 0 Å². The molecule has 1 aliphatic heterocycles. The first-order chi connectivity index (χ1) is 8.38. The maximum atomic E-state index is 3.48.